The Morgan fingerprint density at radius 3 is 2.53 bits per heavy atom. The molecule has 1 aromatic carbocycles. The number of rotatable bonds is 3. The number of aromatic amines is 1. The first-order valence-electron chi connectivity index (χ1n) is 5.30. The second kappa shape index (κ2) is 4.29. The highest BCUT2D eigenvalue weighted by molar-refractivity contribution is 5.95. The number of nitrogens with zero attached hydrogens (tertiary/aromatic N) is 1. The number of anilines is 1. The van der Waals surface area contributed by atoms with E-state index < -0.39 is 5.97 Å². The summed E-state index contributed by atoms with van der Waals surface area (Å²) in [5, 5.41) is 15.2. The molecular weight excluding hydrogens is 218 g/mol. The number of nitrogens with two attached hydrogens (primary N) is 1. The minimum absolute atomic E-state index is 0.0698. The molecule has 0 bridgehead atoms. The van der Waals surface area contributed by atoms with Gasteiger partial charge in [0.1, 0.15) is 5.69 Å². The summed E-state index contributed by atoms with van der Waals surface area (Å²) >= 11 is 0. The lowest BCUT2D eigenvalue weighted by Gasteiger charge is -2.00. The summed E-state index contributed by atoms with van der Waals surface area (Å²) in [6.45, 7) is 2.07. The van der Waals surface area contributed by atoms with E-state index in [4.69, 9.17) is 10.8 Å². The molecule has 5 heteroatoms. The Hall–Kier alpha value is -2.30. The van der Waals surface area contributed by atoms with Crippen molar-refractivity contribution in [3.05, 3.63) is 35.5 Å². The number of nitrogen functional groups attached to an aromatic ring is 1. The zero-order valence-electron chi connectivity index (χ0n) is 9.40. The van der Waals surface area contributed by atoms with Gasteiger partial charge in [0.05, 0.1) is 5.69 Å². The number of aryl methyl sites for hydroxylation is 1. The summed E-state index contributed by atoms with van der Waals surface area (Å²) in [6, 6.07) is 7.72. The van der Waals surface area contributed by atoms with Crippen molar-refractivity contribution in [3.63, 3.8) is 0 Å². The standard InChI is InChI=1S/C12H13N3O2/c1-2-7-3-5-8(6-4-7)10-9(13)11(12(16)17)15-14-10/h3-6H,2,13H2,1H3,(H,14,15)(H,16,17). The minimum Gasteiger partial charge on any atom is -0.476 e. The fraction of sp³-hybridized carbons (Fsp3) is 0.167. The van der Waals surface area contributed by atoms with Gasteiger partial charge in [-0.25, -0.2) is 4.79 Å². The van der Waals surface area contributed by atoms with Crippen LogP contribution in [0.1, 0.15) is 23.0 Å². The number of H-pyrrole nitrogens is 1. The molecule has 0 spiro atoms. The van der Waals surface area contributed by atoms with Crippen molar-refractivity contribution in [3.8, 4) is 11.3 Å². The molecule has 0 aliphatic rings. The fourth-order valence-electron chi connectivity index (χ4n) is 1.63. The molecule has 0 saturated carbocycles. The van der Waals surface area contributed by atoms with Crippen LogP contribution in [-0.2, 0) is 6.42 Å². The third kappa shape index (κ3) is 1.99. The Morgan fingerprint density at radius 1 is 1.41 bits per heavy atom. The maximum atomic E-state index is 10.8. The van der Waals surface area contributed by atoms with Crippen LogP contribution in [0.4, 0.5) is 5.69 Å². The molecule has 17 heavy (non-hydrogen) atoms. The Bertz CT molecular complexity index is 543. The van der Waals surface area contributed by atoms with Crippen LogP contribution in [0.15, 0.2) is 24.3 Å². The van der Waals surface area contributed by atoms with Crippen molar-refractivity contribution in [2.45, 2.75) is 13.3 Å². The lowest BCUT2D eigenvalue weighted by molar-refractivity contribution is 0.0691. The van der Waals surface area contributed by atoms with Crippen LogP contribution in [0, 0.1) is 0 Å². The fourth-order valence-corrected chi connectivity index (χ4v) is 1.63. The Kier molecular flexibility index (Phi) is 2.82. The van der Waals surface area contributed by atoms with Crippen LogP contribution in [0.25, 0.3) is 11.3 Å². The number of benzene rings is 1. The average molecular weight is 231 g/mol. The lowest BCUT2D eigenvalue weighted by atomic mass is 10.1. The molecule has 2 aromatic rings. The van der Waals surface area contributed by atoms with Gasteiger partial charge in [-0.1, -0.05) is 31.2 Å². The van der Waals surface area contributed by atoms with Crippen LogP contribution < -0.4 is 5.73 Å². The molecule has 0 amide bonds. The monoisotopic (exact) mass is 231 g/mol. The molecule has 5 nitrogen and oxygen atoms in total. The molecule has 4 N–H and O–H groups in total. The Labute approximate surface area is 98.3 Å². The molecule has 0 radical (unpaired) electrons. The molecule has 0 saturated heterocycles. The number of carbonyl (C=O) groups is 1. The summed E-state index contributed by atoms with van der Waals surface area (Å²) in [6.07, 6.45) is 0.955. The largest absolute Gasteiger partial charge is 0.476 e. The maximum Gasteiger partial charge on any atom is 0.356 e. The molecule has 0 fully saturated rings. The van der Waals surface area contributed by atoms with E-state index in [0.29, 0.717) is 5.69 Å². The number of carboxylic acids is 1. The number of hydrogen-bond acceptors (Lipinski definition) is 3. The van der Waals surface area contributed by atoms with E-state index in [2.05, 4.69) is 17.1 Å². The third-order valence-corrected chi connectivity index (χ3v) is 2.65. The predicted molar refractivity (Wildman–Crippen MR) is 64.8 cm³/mol. The van der Waals surface area contributed by atoms with Gasteiger partial charge in [-0.2, -0.15) is 5.10 Å². The van der Waals surface area contributed by atoms with E-state index in [1.54, 1.807) is 0 Å². The number of carboxylic acid groups (broad SMARTS) is 1. The second-order valence-corrected chi connectivity index (χ2v) is 3.72. The van der Waals surface area contributed by atoms with Crippen molar-refractivity contribution >= 4 is 11.7 Å². The van der Waals surface area contributed by atoms with E-state index in [1.165, 1.54) is 5.56 Å². The summed E-state index contributed by atoms with van der Waals surface area (Å²) < 4.78 is 0. The van der Waals surface area contributed by atoms with Gasteiger partial charge in [-0.15, -0.1) is 0 Å². The van der Waals surface area contributed by atoms with Crippen LogP contribution in [0.5, 0.6) is 0 Å². The number of nitrogens with one attached hydrogen (secondary N) is 1. The van der Waals surface area contributed by atoms with Crippen LogP contribution in [-0.4, -0.2) is 21.3 Å². The molecular formula is C12H13N3O2. The minimum atomic E-state index is -1.11. The average Bonchev–Trinajstić information content (AvgIpc) is 2.71. The van der Waals surface area contributed by atoms with Crippen molar-refractivity contribution < 1.29 is 9.90 Å². The van der Waals surface area contributed by atoms with E-state index in [-0.39, 0.29) is 11.4 Å². The van der Waals surface area contributed by atoms with E-state index in [0.717, 1.165) is 12.0 Å². The quantitative estimate of drug-likeness (QED) is 0.752. The Balaban J connectivity index is 2.42. The predicted octanol–water partition coefficient (Wildman–Crippen LogP) is 1.92. The first-order chi connectivity index (χ1) is 8.13. The van der Waals surface area contributed by atoms with Gasteiger partial charge < -0.3 is 10.8 Å². The van der Waals surface area contributed by atoms with Crippen LogP contribution in [0.2, 0.25) is 0 Å². The maximum absolute atomic E-state index is 10.8. The lowest BCUT2D eigenvalue weighted by Crippen LogP contribution is -2.01. The summed E-state index contributed by atoms with van der Waals surface area (Å²) in [5.41, 5.74) is 8.33. The van der Waals surface area contributed by atoms with E-state index in [1.807, 2.05) is 24.3 Å². The van der Waals surface area contributed by atoms with Crippen molar-refractivity contribution in [1.82, 2.24) is 10.2 Å². The Morgan fingerprint density at radius 2 is 2.06 bits per heavy atom. The number of aromatic carboxylic acids is 1. The number of hydrogen-bond donors (Lipinski definition) is 3. The van der Waals surface area contributed by atoms with Gasteiger partial charge >= 0.3 is 5.97 Å². The molecule has 0 aliphatic heterocycles. The first-order valence-corrected chi connectivity index (χ1v) is 5.30. The summed E-state index contributed by atoms with van der Waals surface area (Å²) in [4.78, 5) is 10.8. The van der Waals surface area contributed by atoms with Crippen molar-refractivity contribution in [2.24, 2.45) is 0 Å². The molecule has 1 heterocycles. The number of aromatic nitrogens is 2. The molecule has 88 valence electrons. The zero-order chi connectivity index (χ0) is 12.4. The van der Waals surface area contributed by atoms with Crippen LogP contribution in [0.3, 0.4) is 0 Å². The SMILES string of the molecule is CCc1ccc(-c2n[nH]c(C(=O)O)c2N)cc1. The molecule has 0 unspecified atom stereocenters. The topological polar surface area (TPSA) is 92.0 Å². The highest BCUT2D eigenvalue weighted by atomic mass is 16.4. The van der Waals surface area contributed by atoms with Gasteiger partial charge in [0.2, 0.25) is 0 Å². The zero-order valence-corrected chi connectivity index (χ0v) is 9.40. The molecule has 2 rings (SSSR count). The van der Waals surface area contributed by atoms with Crippen molar-refractivity contribution in [2.75, 3.05) is 5.73 Å². The first kappa shape index (κ1) is 11.2. The van der Waals surface area contributed by atoms with E-state index in [9.17, 15) is 4.79 Å². The van der Waals surface area contributed by atoms with E-state index >= 15 is 0 Å². The van der Waals surface area contributed by atoms with Gasteiger partial charge in [0.25, 0.3) is 0 Å². The van der Waals surface area contributed by atoms with Crippen molar-refractivity contribution in [1.29, 1.82) is 0 Å². The second-order valence-electron chi connectivity index (χ2n) is 3.72. The third-order valence-electron chi connectivity index (χ3n) is 2.65. The summed E-state index contributed by atoms with van der Waals surface area (Å²) in [7, 11) is 0. The normalized spacial score (nSPS) is 10.4. The van der Waals surface area contributed by atoms with Gasteiger partial charge in [0.15, 0.2) is 5.69 Å². The highest BCUT2D eigenvalue weighted by Gasteiger charge is 2.16. The van der Waals surface area contributed by atoms with Gasteiger partial charge in [-0.3, -0.25) is 5.10 Å². The summed E-state index contributed by atoms with van der Waals surface area (Å²) in [5.74, 6) is -1.11. The highest BCUT2D eigenvalue weighted by Crippen LogP contribution is 2.26. The molecule has 0 aliphatic carbocycles. The molecule has 0 atom stereocenters. The van der Waals surface area contributed by atoms with Gasteiger partial charge in [0, 0.05) is 5.56 Å². The van der Waals surface area contributed by atoms with Gasteiger partial charge in [-0.05, 0) is 12.0 Å². The molecule has 1 aromatic heterocycles. The smallest absolute Gasteiger partial charge is 0.356 e. The van der Waals surface area contributed by atoms with Crippen LogP contribution >= 0.6 is 0 Å².